The molecule has 0 unspecified atom stereocenters. The zero-order chi connectivity index (χ0) is 15.8. The van der Waals surface area contributed by atoms with Gasteiger partial charge in [-0.1, -0.05) is 20.8 Å². The van der Waals surface area contributed by atoms with E-state index in [-0.39, 0.29) is 22.8 Å². The summed E-state index contributed by atoms with van der Waals surface area (Å²) in [6.07, 6.45) is 2.61. The van der Waals surface area contributed by atoms with Crippen LogP contribution in [-0.4, -0.2) is 22.9 Å². The molecule has 0 bridgehead atoms. The van der Waals surface area contributed by atoms with Crippen molar-refractivity contribution in [3.63, 3.8) is 0 Å². The maximum absolute atomic E-state index is 11.5. The van der Waals surface area contributed by atoms with Crippen LogP contribution < -0.4 is 5.32 Å². The van der Waals surface area contributed by atoms with Gasteiger partial charge >= 0.3 is 5.97 Å². The first kappa shape index (κ1) is 16.3. The average Bonchev–Trinajstić information content (AvgIpc) is 2.74. The van der Waals surface area contributed by atoms with Crippen molar-refractivity contribution in [3.8, 4) is 0 Å². The van der Waals surface area contributed by atoms with E-state index >= 15 is 0 Å². The van der Waals surface area contributed by atoms with E-state index in [9.17, 15) is 14.7 Å². The summed E-state index contributed by atoms with van der Waals surface area (Å²) in [7, 11) is 0. The third kappa shape index (κ3) is 3.40. The molecule has 1 aromatic heterocycles. The van der Waals surface area contributed by atoms with Crippen LogP contribution in [0, 0.1) is 11.3 Å². The molecule has 1 aromatic rings. The molecule has 0 aliphatic heterocycles. The topological polar surface area (TPSA) is 66.4 Å². The zero-order valence-corrected chi connectivity index (χ0v) is 14.0. The number of hydrogen-bond acceptors (Lipinski definition) is 3. The summed E-state index contributed by atoms with van der Waals surface area (Å²) in [5.74, 6) is -0.995. The van der Waals surface area contributed by atoms with Crippen molar-refractivity contribution in [2.75, 3.05) is 11.2 Å². The molecule has 0 saturated heterocycles. The molecule has 116 valence electrons. The third-order valence-corrected chi connectivity index (χ3v) is 5.49. The molecule has 0 radical (unpaired) electrons. The van der Waals surface area contributed by atoms with E-state index < -0.39 is 5.97 Å². The first-order valence-corrected chi connectivity index (χ1v) is 8.32. The van der Waals surface area contributed by atoms with Crippen LogP contribution in [0.25, 0.3) is 0 Å². The highest BCUT2D eigenvalue weighted by molar-refractivity contribution is 7.17. The van der Waals surface area contributed by atoms with Crippen molar-refractivity contribution in [3.05, 3.63) is 16.0 Å². The van der Waals surface area contributed by atoms with Crippen molar-refractivity contribution >= 4 is 39.8 Å². The van der Waals surface area contributed by atoms with E-state index in [1.807, 2.05) is 0 Å². The number of thiophene rings is 1. The predicted octanol–water partition coefficient (Wildman–Crippen LogP) is 3.77. The van der Waals surface area contributed by atoms with Crippen molar-refractivity contribution in [2.24, 2.45) is 11.3 Å². The van der Waals surface area contributed by atoms with E-state index in [4.69, 9.17) is 11.6 Å². The van der Waals surface area contributed by atoms with Crippen molar-refractivity contribution in [1.82, 2.24) is 0 Å². The molecular weight excluding hydrogens is 310 g/mol. The van der Waals surface area contributed by atoms with Crippen LogP contribution in [0.4, 0.5) is 5.00 Å². The molecule has 2 N–H and O–H groups in total. The summed E-state index contributed by atoms with van der Waals surface area (Å²) < 4.78 is 0. The fourth-order valence-corrected chi connectivity index (χ4v) is 4.20. The fraction of sp³-hybridized carbons (Fsp3) is 0.600. The molecular formula is C15H20ClNO3S. The van der Waals surface area contributed by atoms with Crippen LogP contribution in [0.2, 0.25) is 0 Å². The molecule has 1 aliphatic rings. The number of halogens is 1. The number of rotatable bonds is 3. The third-order valence-electron chi connectivity index (χ3n) is 4.08. The molecule has 2 rings (SSSR count). The largest absolute Gasteiger partial charge is 0.478 e. The standard InChI is InChI=1S/C15H20ClNO3S/c1-15(2,3)8-4-5-9-10(6-8)21-13(12(9)14(19)20)17-11(18)7-16/h8H,4-7H2,1-3H3,(H,17,18)(H,19,20)/t8-/m0/s1. The monoisotopic (exact) mass is 329 g/mol. The molecule has 0 spiro atoms. The number of carboxylic acid groups (broad SMARTS) is 1. The van der Waals surface area contributed by atoms with Gasteiger partial charge in [-0.2, -0.15) is 0 Å². The van der Waals surface area contributed by atoms with E-state index in [1.54, 1.807) is 0 Å². The summed E-state index contributed by atoms with van der Waals surface area (Å²) in [5.41, 5.74) is 1.34. The number of carboxylic acids is 1. The van der Waals surface area contributed by atoms with Gasteiger partial charge in [-0.05, 0) is 36.2 Å². The number of fused-ring (bicyclic) bond motifs is 1. The number of anilines is 1. The summed E-state index contributed by atoms with van der Waals surface area (Å²) in [6, 6.07) is 0. The molecule has 1 amide bonds. The van der Waals surface area contributed by atoms with Crippen LogP contribution in [0.3, 0.4) is 0 Å². The van der Waals surface area contributed by atoms with Gasteiger partial charge in [-0.15, -0.1) is 22.9 Å². The smallest absolute Gasteiger partial charge is 0.339 e. The highest BCUT2D eigenvalue weighted by Crippen LogP contribution is 2.44. The SMILES string of the molecule is CC(C)(C)[C@H]1CCc2c(sc(NC(=O)CCl)c2C(=O)O)C1. The second kappa shape index (κ2) is 5.97. The molecule has 1 atom stereocenters. The Morgan fingerprint density at radius 2 is 2.10 bits per heavy atom. The Bertz CT molecular complexity index is 574. The fourth-order valence-electron chi connectivity index (χ4n) is 2.80. The van der Waals surface area contributed by atoms with Crippen LogP contribution >= 0.6 is 22.9 Å². The summed E-state index contributed by atoms with van der Waals surface area (Å²) in [5, 5.41) is 12.5. The van der Waals surface area contributed by atoms with Gasteiger partial charge in [0.1, 0.15) is 10.9 Å². The normalized spacial score (nSPS) is 18.2. The molecule has 4 nitrogen and oxygen atoms in total. The van der Waals surface area contributed by atoms with Gasteiger partial charge in [0.05, 0.1) is 5.56 Å². The van der Waals surface area contributed by atoms with Gasteiger partial charge < -0.3 is 10.4 Å². The number of amides is 1. The molecule has 0 fully saturated rings. The maximum atomic E-state index is 11.5. The van der Waals surface area contributed by atoms with Gasteiger partial charge in [0.25, 0.3) is 0 Å². The molecule has 21 heavy (non-hydrogen) atoms. The number of aromatic carboxylic acids is 1. The number of nitrogens with one attached hydrogen (secondary N) is 1. The molecule has 6 heteroatoms. The number of carbonyl (C=O) groups excluding carboxylic acids is 1. The first-order valence-electron chi connectivity index (χ1n) is 6.97. The predicted molar refractivity (Wildman–Crippen MR) is 85.6 cm³/mol. The Morgan fingerprint density at radius 1 is 1.43 bits per heavy atom. The Balaban J connectivity index is 2.37. The van der Waals surface area contributed by atoms with Gasteiger partial charge in [0.2, 0.25) is 5.91 Å². The van der Waals surface area contributed by atoms with E-state index in [2.05, 4.69) is 26.1 Å². The zero-order valence-electron chi connectivity index (χ0n) is 12.5. The van der Waals surface area contributed by atoms with Crippen LogP contribution in [0.1, 0.15) is 48.0 Å². The summed E-state index contributed by atoms with van der Waals surface area (Å²) >= 11 is 6.87. The van der Waals surface area contributed by atoms with Gasteiger partial charge in [-0.3, -0.25) is 4.79 Å². The second-order valence-corrected chi connectivity index (χ2v) is 7.87. The molecule has 1 aliphatic carbocycles. The maximum Gasteiger partial charge on any atom is 0.339 e. The number of hydrogen-bond donors (Lipinski definition) is 2. The summed E-state index contributed by atoms with van der Waals surface area (Å²) in [6.45, 7) is 6.64. The van der Waals surface area contributed by atoms with E-state index in [1.165, 1.54) is 11.3 Å². The minimum atomic E-state index is -0.980. The van der Waals surface area contributed by atoms with Crippen molar-refractivity contribution in [2.45, 2.75) is 40.0 Å². The Kier molecular flexibility index (Phi) is 4.63. The van der Waals surface area contributed by atoms with Gasteiger partial charge in [0, 0.05) is 4.88 Å². The molecule has 0 saturated carbocycles. The second-order valence-electron chi connectivity index (χ2n) is 6.50. The first-order chi connectivity index (χ1) is 9.74. The van der Waals surface area contributed by atoms with E-state index in [0.29, 0.717) is 10.9 Å². The lowest BCUT2D eigenvalue weighted by Crippen LogP contribution is -2.26. The summed E-state index contributed by atoms with van der Waals surface area (Å²) in [4.78, 5) is 24.1. The number of alkyl halides is 1. The lowest BCUT2D eigenvalue weighted by Gasteiger charge is -2.33. The lowest BCUT2D eigenvalue weighted by molar-refractivity contribution is -0.113. The lowest BCUT2D eigenvalue weighted by atomic mass is 9.72. The minimum absolute atomic E-state index is 0.174. The Hall–Kier alpha value is -1.07. The Labute approximate surface area is 133 Å². The van der Waals surface area contributed by atoms with Gasteiger partial charge in [0.15, 0.2) is 0 Å². The highest BCUT2D eigenvalue weighted by atomic mass is 35.5. The number of carbonyl (C=O) groups is 2. The Morgan fingerprint density at radius 3 is 2.62 bits per heavy atom. The molecule has 0 aromatic carbocycles. The highest BCUT2D eigenvalue weighted by Gasteiger charge is 2.33. The van der Waals surface area contributed by atoms with Crippen LogP contribution in [0.5, 0.6) is 0 Å². The van der Waals surface area contributed by atoms with Crippen LogP contribution in [0.15, 0.2) is 0 Å². The quantitative estimate of drug-likeness (QED) is 0.829. The minimum Gasteiger partial charge on any atom is -0.478 e. The van der Waals surface area contributed by atoms with Crippen molar-refractivity contribution in [1.29, 1.82) is 0 Å². The average molecular weight is 330 g/mol. The molecule has 1 heterocycles. The van der Waals surface area contributed by atoms with Crippen molar-refractivity contribution < 1.29 is 14.7 Å². The van der Waals surface area contributed by atoms with Crippen LogP contribution in [-0.2, 0) is 17.6 Å². The van der Waals surface area contributed by atoms with E-state index in [0.717, 1.165) is 29.7 Å². The van der Waals surface area contributed by atoms with Gasteiger partial charge in [-0.25, -0.2) is 4.79 Å².